The Labute approximate surface area is 194 Å². The Kier molecular flexibility index (Phi) is 6.33. The summed E-state index contributed by atoms with van der Waals surface area (Å²) in [5.41, 5.74) is 0.960. The molecule has 32 heavy (non-hydrogen) atoms. The van der Waals surface area contributed by atoms with Crippen molar-refractivity contribution in [2.24, 2.45) is 0 Å². The number of hydrogen-bond donors (Lipinski definition) is 1. The van der Waals surface area contributed by atoms with Gasteiger partial charge in [0.25, 0.3) is 0 Å². The van der Waals surface area contributed by atoms with Gasteiger partial charge in [0.15, 0.2) is 22.5 Å². The van der Waals surface area contributed by atoms with E-state index in [1.54, 1.807) is 11.3 Å². The van der Waals surface area contributed by atoms with Gasteiger partial charge in [0.05, 0.1) is 22.8 Å². The van der Waals surface area contributed by atoms with Crippen molar-refractivity contribution in [3.05, 3.63) is 41.3 Å². The third-order valence-electron chi connectivity index (χ3n) is 5.42. The van der Waals surface area contributed by atoms with Gasteiger partial charge in [-0.25, -0.2) is 0 Å². The number of benzene rings is 1. The van der Waals surface area contributed by atoms with E-state index in [0.29, 0.717) is 18.8 Å². The average molecular weight is 473 g/mol. The summed E-state index contributed by atoms with van der Waals surface area (Å²) >= 11 is 3.05. The van der Waals surface area contributed by atoms with Crippen molar-refractivity contribution in [2.45, 2.75) is 49.4 Å². The number of rotatable bonds is 8. The van der Waals surface area contributed by atoms with Crippen LogP contribution in [0, 0.1) is 0 Å². The fraction of sp³-hybridized carbons (Fsp3) is 0.409. The number of fused-ring (bicyclic) bond motifs is 1. The van der Waals surface area contributed by atoms with Crippen LogP contribution in [0.3, 0.4) is 0 Å². The SMILES string of the molecule is CC(Sc1nnc(-c2cccs2)n1CC1CCCO1)C(=O)NCc1ccc2c(c1)OCO2. The van der Waals surface area contributed by atoms with Gasteiger partial charge >= 0.3 is 0 Å². The van der Waals surface area contributed by atoms with Crippen molar-refractivity contribution in [3.63, 3.8) is 0 Å². The van der Waals surface area contributed by atoms with Crippen LogP contribution in [0.4, 0.5) is 0 Å². The summed E-state index contributed by atoms with van der Waals surface area (Å²) in [4.78, 5) is 13.8. The lowest BCUT2D eigenvalue weighted by molar-refractivity contribution is -0.120. The molecule has 10 heteroatoms. The van der Waals surface area contributed by atoms with Gasteiger partial charge in [-0.1, -0.05) is 23.9 Å². The summed E-state index contributed by atoms with van der Waals surface area (Å²) in [5, 5.41) is 14.3. The van der Waals surface area contributed by atoms with E-state index in [4.69, 9.17) is 14.2 Å². The van der Waals surface area contributed by atoms with Gasteiger partial charge in [-0.2, -0.15) is 0 Å². The minimum atomic E-state index is -0.326. The monoisotopic (exact) mass is 472 g/mol. The van der Waals surface area contributed by atoms with E-state index in [1.807, 2.05) is 42.6 Å². The molecule has 1 saturated heterocycles. The summed E-state index contributed by atoms with van der Waals surface area (Å²) in [6, 6.07) is 9.73. The average Bonchev–Trinajstić information content (AvgIpc) is 3.60. The van der Waals surface area contributed by atoms with Crippen molar-refractivity contribution < 1.29 is 19.0 Å². The lowest BCUT2D eigenvalue weighted by atomic mass is 10.2. The van der Waals surface area contributed by atoms with Crippen LogP contribution in [-0.4, -0.2) is 45.4 Å². The number of hydrogen-bond acceptors (Lipinski definition) is 8. The lowest BCUT2D eigenvalue weighted by Crippen LogP contribution is -2.30. The Hall–Kier alpha value is -2.56. The van der Waals surface area contributed by atoms with Gasteiger partial charge in [-0.05, 0) is 48.9 Å². The van der Waals surface area contributed by atoms with E-state index in [9.17, 15) is 4.79 Å². The second-order valence-electron chi connectivity index (χ2n) is 7.69. The zero-order chi connectivity index (χ0) is 21.9. The maximum Gasteiger partial charge on any atom is 0.233 e. The molecule has 168 valence electrons. The fourth-order valence-electron chi connectivity index (χ4n) is 3.72. The molecule has 0 radical (unpaired) electrons. The third-order valence-corrected chi connectivity index (χ3v) is 7.37. The minimum absolute atomic E-state index is 0.0583. The van der Waals surface area contributed by atoms with Crippen LogP contribution in [0.5, 0.6) is 11.5 Å². The molecule has 8 nitrogen and oxygen atoms in total. The Balaban J connectivity index is 1.25. The van der Waals surface area contributed by atoms with Gasteiger partial charge in [0.1, 0.15) is 0 Å². The Morgan fingerprint density at radius 3 is 3.03 bits per heavy atom. The molecule has 1 aromatic carbocycles. The lowest BCUT2D eigenvalue weighted by Gasteiger charge is -2.16. The number of carbonyl (C=O) groups is 1. The highest BCUT2D eigenvalue weighted by Gasteiger charge is 2.25. The van der Waals surface area contributed by atoms with E-state index >= 15 is 0 Å². The molecule has 0 spiro atoms. The van der Waals surface area contributed by atoms with Crippen molar-refractivity contribution in [3.8, 4) is 22.2 Å². The van der Waals surface area contributed by atoms with Crippen LogP contribution in [0.1, 0.15) is 25.3 Å². The highest BCUT2D eigenvalue weighted by Crippen LogP contribution is 2.33. The van der Waals surface area contributed by atoms with Crippen molar-refractivity contribution in [1.82, 2.24) is 20.1 Å². The molecule has 1 amide bonds. The first-order valence-electron chi connectivity index (χ1n) is 10.6. The maximum atomic E-state index is 12.8. The first-order valence-corrected chi connectivity index (χ1v) is 12.3. The first-order chi connectivity index (χ1) is 15.7. The summed E-state index contributed by atoms with van der Waals surface area (Å²) < 4.78 is 18.7. The zero-order valence-corrected chi connectivity index (χ0v) is 19.3. The molecule has 4 heterocycles. The summed E-state index contributed by atoms with van der Waals surface area (Å²) in [6.07, 6.45) is 2.25. The molecule has 2 aromatic heterocycles. The number of amides is 1. The molecule has 2 aliphatic heterocycles. The summed E-state index contributed by atoms with van der Waals surface area (Å²) in [5.74, 6) is 2.21. The van der Waals surface area contributed by atoms with Gasteiger partial charge in [-0.15, -0.1) is 21.5 Å². The number of carbonyl (C=O) groups excluding carboxylic acids is 1. The second-order valence-corrected chi connectivity index (χ2v) is 9.95. The molecule has 2 aliphatic rings. The molecule has 1 fully saturated rings. The van der Waals surface area contributed by atoms with Gasteiger partial charge in [0.2, 0.25) is 12.7 Å². The number of nitrogens with one attached hydrogen (secondary N) is 1. The van der Waals surface area contributed by atoms with Crippen LogP contribution >= 0.6 is 23.1 Å². The van der Waals surface area contributed by atoms with Crippen LogP contribution in [0.2, 0.25) is 0 Å². The topological polar surface area (TPSA) is 87.5 Å². The van der Waals surface area contributed by atoms with E-state index in [0.717, 1.165) is 46.6 Å². The standard InChI is InChI=1S/C22H24N4O4S2/c1-14(21(27)23-11-15-6-7-17-18(10-15)30-13-29-17)32-22-25-24-20(19-5-3-9-31-19)26(22)12-16-4-2-8-28-16/h3,5-7,9-10,14,16H,2,4,8,11-13H2,1H3,(H,23,27). The predicted octanol–water partition coefficient (Wildman–Crippen LogP) is 3.71. The van der Waals surface area contributed by atoms with Crippen molar-refractivity contribution in [1.29, 1.82) is 0 Å². The molecule has 3 aromatic rings. The number of ether oxygens (including phenoxy) is 3. The van der Waals surface area contributed by atoms with E-state index in [1.165, 1.54) is 11.8 Å². The number of nitrogens with zero attached hydrogens (tertiary/aromatic N) is 3. The zero-order valence-electron chi connectivity index (χ0n) is 17.7. The largest absolute Gasteiger partial charge is 0.454 e. The Morgan fingerprint density at radius 2 is 2.22 bits per heavy atom. The number of thiophene rings is 1. The normalized spacial score (nSPS) is 18.1. The highest BCUT2D eigenvalue weighted by atomic mass is 32.2. The molecule has 1 N–H and O–H groups in total. The number of aromatic nitrogens is 3. The smallest absolute Gasteiger partial charge is 0.233 e. The first kappa shape index (κ1) is 21.3. The second kappa shape index (κ2) is 9.51. The minimum Gasteiger partial charge on any atom is -0.454 e. The number of thioether (sulfide) groups is 1. The molecule has 2 unspecified atom stereocenters. The van der Waals surface area contributed by atoms with E-state index in [2.05, 4.69) is 20.1 Å². The van der Waals surface area contributed by atoms with Crippen LogP contribution in [0.25, 0.3) is 10.7 Å². The quantitative estimate of drug-likeness (QED) is 0.500. The molecule has 0 saturated carbocycles. The summed E-state index contributed by atoms with van der Waals surface area (Å²) in [7, 11) is 0. The molecule has 0 bridgehead atoms. The van der Waals surface area contributed by atoms with Crippen LogP contribution in [0.15, 0.2) is 40.9 Å². The van der Waals surface area contributed by atoms with Crippen molar-refractivity contribution in [2.75, 3.05) is 13.4 Å². The maximum absolute atomic E-state index is 12.8. The molecule has 0 aliphatic carbocycles. The van der Waals surface area contributed by atoms with Crippen molar-refractivity contribution >= 4 is 29.0 Å². The Bertz CT molecular complexity index is 1080. The van der Waals surface area contributed by atoms with Crippen LogP contribution < -0.4 is 14.8 Å². The van der Waals surface area contributed by atoms with Gasteiger partial charge in [0, 0.05) is 13.2 Å². The summed E-state index contributed by atoms with van der Waals surface area (Å²) in [6.45, 7) is 4.02. The molecule has 5 rings (SSSR count). The predicted molar refractivity (Wildman–Crippen MR) is 122 cm³/mol. The van der Waals surface area contributed by atoms with Gasteiger partial charge in [-0.3, -0.25) is 9.36 Å². The van der Waals surface area contributed by atoms with E-state index < -0.39 is 0 Å². The fourth-order valence-corrected chi connectivity index (χ4v) is 5.32. The highest BCUT2D eigenvalue weighted by molar-refractivity contribution is 8.00. The third kappa shape index (κ3) is 4.62. The molecular weight excluding hydrogens is 448 g/mol. The Morgan fingerprint density at radius 1 is 1.31 bits per heavy atom. The molecule has 2 atom stereocenters. The van der Waals surface area contributed by atoms with Gasteiger partial charge < -0.3 is 19.5 Å². The molecular formula is C22H24N4O4S2. The van der Waals surface area contributed by atoms with E-state index in [-0.39, 0.29) is 24.1 Å². The van der Waals surface area contributed by atoms with Crippen LogP contribution in [-0.2, 0) is 22.6 Å².